The molecule has 0 radical (unpaired) electrons. The quantitative estimate of drug-likeness (QED) is 0.829. The summed E-state index contributed by atoms with van der Waals surface area (Å²) in [6, 6.07) is 4.84. The van der Waals surface area contributed by atoms with Crippen molar-refractivity contribution in [3.8, 4) is 17.5 Å². The van der Waals surface area contributed by atoms with Gasteiger partial charge in [-0.3, -0.25) is 0 Å². The number of nitrogens with two attached hydrogens (primary N) is 1. The van der Waals surface area contributed by atoms with E-state index in [1.54, 1.807) is 13.0 Å². The van der Waals surface area contributed by atoms with Crippen LogP contribution in [0.2, 0.25) is 5.02 Å². The molecule has 2 aromatic rings. The topological polar surface area (TPSA) is 101 Å². The molecule has 0 aliphatic carbocycles. The molecule has 1 aromatic carbocycles. The Hall–Kier alpha value is -2.65. The van der Waals surface area contributed by atoms with Gasteiger partial charge in [-0.2, -0.15) is 5.26 Å². The van der Waals surface area contributed by atoms with E-state index >= 15 is 0 Å². The number of nitrogen functional groups attached to an aromatic ring is 1. The first kappa shape index (κ1) is 14.8. The number of nitrogens with zero attached hydrogens (tertiary/aromatic N) is 2. The fourth-order valence-corrected chi connectivity index (χ4v) is 2.25. The van der Waals surface area contributed by atoms with Crippen molar-refractivity contribution in [1.29, 1.82) is 5.26 Å². The number of hydrogen-bond acceptors (Lipinski definition) is 5. The van der Waals surface area contributed by atoms with Crippen LogP contribution in [-0.4, -0.2) is 22.8 Å². The van der Waals surface area contributed by atoms with Gasteiger partial charge in [-0.1, -0.05) is 11.6 Å². The second-order valence-corrected chi connectivity index (χ2v) is 4.78. The second-order valence-electron chi connectivity index (χ2n) is 4.37. The van der Waals surface area contributed by atoms with Crippen molar-refractivity contribution in [1.82, 2.24) is 4.57 Å². The number of nitriles is 1. The largest absolute Gasteiger partial charge is 0.508 e. The van der Waals surface area contributed by atoms with Gasteiger partial charge >= 0.3 is 5.97 Å². The Morgan fingerprint density at radius 1 is 1.52 bits per heavy atom. The highest BCUT2D eigenvalue weighted by molar-refractivity contribution is 6.32. The van der Waals surface area contributed by atoms with Crippen molar-refractivity contribution in [3.05, 3.63) is 40.2 Å². The summed E-state index contributed by atoms with van der Waals surface area (Å²) >= 11 is 6.15. The van der Waals surface area contributed by atoms with Crippen molar-refractivity contribution in [3.63, 3.8) is 0 Å². The fourth-order valence-electron chi connectivity index (χ4n) is 1.94. The highest BCUT2D eigenvalue weighted by Gasteiger charge is 2.23. The van der Waals surface area contributed by atoms with Crippen molar-refractivity contribution < 1.29 is 14.6 Å². The first-order chi connectivity index (χ1) is 9.90. The number of halogens is 1. The lowest BCUT2D eigenvalue weighted by atomic mass is 10.2. The van der Waals surface area contributed by atoms with E-state index in [4.69, 9.17) is 22.6 Å². The van der Waals surface area contributed by atoms with Crippen LogP contribution in [0.5, 0.6) is 5.75 Å². The summed E-state index contributed by atoms with van der Waals surface area (Å²) in [5.74, 6) is -0.693. The van der Waals surface area contributed by atoms with E-state index in [1.165, 1.54) is 23.9 Å². The number of anilines is 1. The predicted octanol–water partition coefficient (Wildman–Crippen LogP) is 2.39. The number of ether oxygens (including phenoxy) is 1. The Balaban J connectivity index is 2.78. The number of phenols is 1. The zero-order valence-electron chi connectivity index (χ0n) is 11.3. The van der Waals surface area contributed by atoms with E-state index < -0.39 is 5.97 Å². The number of benzene rings is 1. The molecule has 0 atom stereocenters. The number of aryl methyl sites for hydroxylation is 1. The Bertz CT molecular complexity index is 775. The van der Waals surface area contributed by atoms with Crippen molar-refractivity contribution in [2.45, 2.75) is 6.92 Å². The van der Waals surface area contributed by atoms with E-state index in [0.29, 0.717) is 16.3 Å². The molecule has 0 saturated carbocycles. The zero-order chi connectivity index (χ0) is 15.7. The fraction of sp³-hybridized carbons (Fsp3) is 0.143. The van der Waals surface area contributed by atoms with Crippen LogP contribution < -0.4 is 5.73 Å². The van der Waals surface area contributed by atoms with Crippen LogP contribution in [-0.2, 0) is 4.74 Å². The molecule has 0 fully saturated rings. The summed E-state index contributed by atoms with van der Waals surface area (Å²) in [7, 11) is 1.21. The molecule has 3 N–H and O–H groups in total. The standard InChI is InChI=1S/C14H12ClN3O3/c1-7-3-9(15)10(4-11(7)19)18-6-8(5-16)12(17)13(18)14(20)21-2/h3-4,6,19H,17H2,1-2H3. The van der Waals surface area contributed by atoms with E-state index in [1.807, 2.05) is 6.07 Å². The number of rotatable bonds is 2. The van der Waals surface area contributed by atoms with Gasteiger partial charge in [0.1, 0.15) is 11.8 Å². The molecule has 0 spiro atoms. The van der Waals surface area contributed by atoms with Gasteiger partial charge in [0.15, 0.2) is 5.69 Å². The second kappa shape index (κ2) is 5.38. The minimum absolute atomic E-state index is 0.000446. The Labute approximate surface area is 125 Å². The van der Waals surface area contributed by atoms with E-state index in [9.17, 15) is 9.90 Å². The molecule has 21 heavy (non-hydrogen) atoms. The molecule has 0 unspecified atom stereocenters. The lowest BCUT2D eigenvalue weighted by molar-refractivity contribution is 0.0593. The number of aromatic hydroxyl groups is 1. The summed E-state index contributed by atoms with van der Waals surface area (Å²) < 4.78 is 6.01. The molecule has 2 rings (SSSR count). The molecule has 0 amide bonds. The highest BCUT2D eigenvalue weighted by Crippen LogP contribution is 2.32. The van der Waals surface area contributed by atoms with Crippen LogP contribution in [0.25, 0.3) is 5.69 Å². The van der Waals surface area contributed by atoms with Crippen LogP contribution >= 0.6 is 11.6 Å². The minimum atomic E-state index is -0.704. The molecular formula is C14H12ClN3O3. The number of phenolic OH excluding ortho intramolecular Hbond substituents is 1. The molecule has 108 valence electrons. The molecule has 6 nitrogen and oxygen atoms in total. The maximum atomic E-state index is 11.9. The third-order valence-corrected chi connectivity index (χ3v) is 3.37. The third-order valence-electron chi connectivity index (χ3n) is 3.07. The SMILES string of the molecule is COC(=O)c1c(N)c(C#N)cn1-c1cc(O)c(C)cc1Cl. The number of esters is 1. The van der Waals surface area contributed by atoms with Crippen molar-refractivity contribution in [2.24, 2.45) is 0 Å². The number of hydrogen-bond donors (Lipinski definition) is 2. The van der Waals surface area contributed by atoms with Crippen LogP contribution in [0, 0.1) is 18.3 Å². The van der Waals surface area contributed by atoms with Gasteiger partial charge in [0.2, 0.25) is 0 Å². The first-order valence-electron chi connectivity index (χ1n) is 5.89. The summed E-state index contributed by atoms with van der Waals surface area (Å²) in [6.07, 6.45) is 1.37. The van der Waals surface area contributed by atoms with E-state index in [2.05, 4.69) is 4.74 Å². The third kappa shape index (κ3) is 2.39. The smallest absolute Gasteiger partial charge is 0.357 e. The van der Waals surface area contributed by atoms with Gasteiger partial charge in [0, 0.05) is 12.3 Å². The lowest BCUT2D eigenvalue weighted by Gasteiger charge is -2.12. The maximum absolute atomic E-state index is 11.9. The zero-order valence-corrected chi connectivity index (χ0v) is 12.1. The number of aromatic nitrogens is 1. The number of methoxy groups -OCH3 is 1. The predicted molar refractivity (Wildman–Crippen MR) is 77.6 cm³/mol. The van der Waals surface area contributed by atoms with Crippen LogP contribution in [0.1, 0.15) is 21.6 Å². The van der Waals surface area contributed by atoms with E-state index in [-0.39, 0.29) is 22.7 Å². The number of carbonyl (C=O) groups excluding carboxylic acids is 1. The number of carbonyl (C=O) groups is 1. The Morgan fingerprint density at radius 2 is 2.19 bits per heavy atom. The monoisotopic (exact) mass is 305 g/mol. The molecule has 0 aliphatic rings. The van der Waals surface area contributed by atoms with E-state index in [0.717, 1.165) is 0 Å². The molecular weight excluding hydrogens is 294 g/mol. The highest BCUT2D eigenvalue weighted by atomic mass is 35.5. The first-order valence-corrected chi connectivity index (χ1v) is 6.27. The molecule has 1 aromatic heterocycles. The summed E-state index contributed by atoms with van der Waals surface area (Å²) in [4.78, 5) is 11.9. The lowest BCUT2D eigenvalue weighted by Crippen LogP contribution is -2.11. The summed E-state index contributed by atoms with van der Waals surface area (Å²) in [5.41, 5.74) is 6.81. The van der Waals surface area contributed by atoms with Crippen molar-refractivity contribution >= 4 is 23.3 Å². The summed E-state index contributed by atoms with van der Waals surface area (Å²) in [5, 5.41) is 19.2. The normalized spacial score (nSPS) is 10.2. The van der Waals surface area contributed by atoms with Crippen molar-refractivity contribution in [2.75, 3.05) is 12.8 Å². The maximum Gasteiger partial charge on any atom is 0.357 e. The molecule has 0 bridgehead atoms. The molecule has 7 heteroatoms. The van der Waals surface area contributed by atoms with Crippen LogP contribution in [0.15, 0.2) is 18.3 Å². The summed E-state index contributed by atoms with van der Waals surface area (Å²) in [6.45, 7) is 1.69. The van der Waals surface area contributed by atoms with Gasteiger partial charge in [-0.15, -0.1) is 0 Å². The van der Waals surface area contributed by atoms with Gasteiger partial charge < -0.3 is 20.1 Å². The molecule has 0 aliphatic heterocycles. The Morgan fingerprint density at radius 3 is 2.76 bits per heavy atom. The molecule has 1 heterocycles. The van der Waals surface area contributed by atoms with Crippen LogP contribution in [0.3, 0.4) is 0 Å². The van der Waals surface area contributed by atoms with Crippen LogP contribution in [0.4, 0.5) is 5.69 Å². The average molecular weight is 306 g/mol. The van der Waals surface area contributed by atoms with Gasteiger partial charge in [-0.05, 0) is 18.6 Å². The minimum Gasteiger partial charge on any atom is -0.508 e. The molecule has 0 saturated heterocycles. The van der Waals surface area contributed by atoms with Gasteiger partial charge in [0.25, 0.3) is 0 Å². The van der Waals surface area contributed by atoms with Gasteiger partial charge in [-0.25, -0.2) is 4.79 Å². The average Bonchev–Trinajstić information content (AvgIpc) is 2.78. The Kier molecular flexibility index (Phi) is 3.78. The van der Waals surface area contributed by atoms with Gasteiger partial charge in [0.05, 0.1) is 29.1 Å².